The predicted molar refractivity (Wildman–Crippen MR) is 73.9 cm³/mol. The molecule has 0 saturated carbocycles. The first-order chi connectivity index (χ1) is 9.20. The average Bonchev–Trinajstić information content (AvgIpc) is 2.45. The SMILES string of the molecule is COc1cc(C#Cc2ccccc2)ccc1C(N)=O. The van der Waals surface area contributed by atoms with Crippen molar-refractivity contribution in [3.05, 3.63) is 65.2 Å². The number of carbonyl (C=O) groups is 1. The van der Waals surface area contributed by atoms with E-state index in [0.29, 0.717) is 11.3 Å². The number of methoxy groups -OCH3 is 1. The smallest absolute Gasteiger partial charge is 0.252 e. The van der Waals surface area contributed by atoms with E-state index in [1.165, 1.54) is 7.11 Å². The molecule has 1 amide bonds. The maximum atomic E-state index is 11.2. The van der Waals surface area contributed by atoms with Gasteiger partial charge in [0, 0.05) is 11.1 Å². The molecular weight excluding hydrogens is 238 g/mol. The lowest BCUT2D eigenvalue weighted by molar-refractivity contribution is 0.0997. The van der Waals surface area contributed by atoms with Gasteiger partial charge in [-0.25, -0.2) is 0 Å². The van der Waals surface area contributed by atoms with Gasteiger partial charge in [-0.1, -0.05) is 30.0 Å². The highest BCUT2D eigenvalue weighted by Crippen LogP contribution is 2.19. The van der Waals surface area contributed by atoms with Crippen molar-refractivity contribution in [3.63, 3.8) is 0 Å². The Morgan fingerprint density at radius 2 is 1.74 bits per heavy atom. The number of rotatable bonds is 2. The summed E-state index contributed by atoms with van der Waals surface area (Å²) in [7, 11) is 1.50. The van der Waals surface area contributed by atoms with E-state index < -0.39 is 5.91 Å². The zero-order chi connectivity index (χ0) is 13.7. The molecule has 0 bridgehead atoms. The molecule has 3 nitrogen and oxygen atoms in total. The topological polar surface area (TPSA) is 52.3 Å². The second kappa shape index (κ2) is 5.74. The molecule has 0 spiro atoms. The van der Waals surface area contributed by atoms with Gasteiger partial charge in [-0.15, -0.1) is 0 Å². The van der Waals surface area contributed by atoms with Crippen molar-refractivity contribution < 1.29 is 9.53 Å². The van der Waals surface area contributed by atoms with Gasteiger partial charge in [0.25, 0.3) is 5.91 Å². The summed E-state index contributed by atoms with van der Waals surface area (Å²) in [6.07, 6.45) is 0. The van der Waals surface area contributed by atoms with Crippen molar-refractivity contribution >= 4 is 5.91 Å². The summed E-state index contributed by atoms with van der Waals surface area (Å²) in [5.74, 6) is 5.98. The summed E-state index contributed by atoms with van der Waals surface area (Å²) in [5.41, 5.74) is 7.30. The van der Waals surface area contributed by atoms with Gasteiger partial charge < -0.3 is 10.5 Å². The molecule has 0 aliphatic rings. The Morgan fingerprint density at radius 1 is 1.05 bits per heavy atom. The van der Waals surface area contributed by atoms with Gasteiger partial charge in [0.2, 0.25) is 0 Å². The van der Waals surface area contributed by atoms with Gasteiger partial charge in [-0.05, 0) is 30.3 Å². The van der Waals surface area contributed by atoms with Crippen LogP contribution in [0.15, 0.2) is 48.5 Å². The Bertz CT molecular complexity index is 651. The summed E-state index contributed by atoms with van der Waals surface area (Å²) in [4.78, 5) is 11.2. The molecule has 94 valence electrons. The Labute approximate surface area is 112 Å². The highest BCUT2D eigenvalue weighted by atomic mass is 16.5. The second-order valence-electron chi connectivity index (χ2n) is 3.90. The summed E-state index contributed by atoms with van der Waals surface area (Å²) in [6, 6.07) is 14.7. The normalized spacial score (nSPS) is 9.32. The van der Waals surface area contributed by atoms with E-state index >= 15 is 0 Å². The quantitative estimate of drug-likeness (QED) is 0.832. The fourth-order valence-electron chi connectivity index (χ4n) is 1.64. The number of hydrogen-bond donors (Lipinski definition) is 1. The number of amides is 1. The number of hydrogen-bond acceptors (Lipinski definition) is 2. The van der Waals surface area contributed by atoms with Crippen LogP contribution in [0.5, 0.6) is 5.75 Å². The molecule has 2 N–H and O–H groups in total. The molecule has 2 rings (SSSR count). The third-order valence-corrected chi connectivity index (χ3v) is 2.59. The molecule has 0 radical (unpaired) electrons. The van der Waals surface area contributed by atoms with E-state index in [1.807, 2.05) is 30.3 Å². The van der Waals surface area contributed by atoms with Crippen molar-refractivity contribution in [2.24, 2.45) is 5.73 Å². The first-order valence-corrected chi connectivity index (χ1v) is 5.75. The highest BCUT2D eigenvalue weighted by Gasteiger charge is 2.08. The molecule has 0 heterocycles. The molecular formula is C16H13NO2. The minimum absolute atomic E-state index is 0.354. The second-order valence-corrected chi connectivity index (χ2v) is 3.90. The van der Waals surface area contributed by atoms with Crippen LogP contribution in [-0.4, -0.2) is 13.0 Å². The van der Waals surface area contributed by atoms with Crippen LogP contribution in [0, 0.1) is 11.8 Å². The van der Waals surface area contributed by atoms with E-state index in [-0.39, 0.29) is 0 Å². The largest absolute Gasteiger partial charge is 0.496 e. The van der Waals surface area contributed by atoms with Crippen molar-refractivity contribution in [2.75, 3.05) is 7.11 Å². The Kier molecular flexibility index (Phi) is 3.84. The van der Waals surface area contributed by atoms with Crippen LogP contribution in [0.4, 0.5) is 0 Å². The van der Waals surface area contributed by atoms with Crippen molar-refractivity contribution in [2.45, 2.75) is 0 Å². The van der Waals surface area contributed by atoms with Gasteiger partial charge in [0.1, 0.15) is 5.75 Å². The molecule has 2 aromatic rings. The lowest BCUT2D eigenvalue weighted by Crippen LogP contribution is -2.12. The molecule has 0 aliphatic carbocycles. The fourth-order valence-corrected chi connectivity index (χ4v) is 1.64. The van der Waals surface area contributed by atoms with Crippen molar-refractivity contribution in [1.82, 2.24) is 0 Å². The Morgan fingerprint density at radius 3 is 2.37 bits per heavy atom. The van der Waals surface area contributed by atoms with Crippen LogP contribution in [0.25, 0.3) is 0 Å². The minimum atomic E-state index is -0.514. The molecule has 0 saturated heterocycles. The maximum Gasteiger partial charge on any atom is 0.252 e. The van der Waals surface area contributed by atoms with Crippen LogP contribution in [-0.2, 0) is 0 Å². The molecule has 19 heavy (non-hydrogen) atoms. The third-order valence-electron chi connectivity index (χ3n) is 2.59. The molecule has 0 atom stereocenters. The van der Waals surface area contributed by atoms with Gasteiger partial charge in [-0.2, -0.15) is 0 Å². The van der Waals surface area contributed by atoms with Crippen molar-refractivity contribution in [1.29, 1.82) is 0 Å². The van der Waals surface area contributed by atoms with Crippen LogP contribution in [0.2, 0.25) is 0 Å². The van der Waals surface area contributed by atoms with Crippen molar-refractivity contribution in [3.8, 4) is 17.6 Å². The number of benzene rings is 2. The average molecular weight is 251 g/mol. The fraction of sp³-hybridized carbons (Fsp3) is 0.0625. The highest BCUT2D eigenvalue weighted by molar-refractivity contribution is 5.95. The van der Waals surface area contributed by atoms with Gasteiger partial charge in [0.05, 0.1) is 12.7 Å². The Hall–Kier alpha value is -2.73. The zero-order valence-corrected chi connectivity index (χ0v) is 10.5. The lowest BCUT2D eigenvalue weighted by Gasteiger charge is -2.05. The molecule has 3 heteroatoms. The predicted octanol–water partition coefficient (Wildman–Crippen LogP) is 2.19. The summed E-state index contributed by atoms with van der Waals surface area (Å²) in [5, 5.41) is 0. The number of ether oxygens (including phenoxy) is 1. The van der Waals surface area contributed by atoms with E-state index in [2.05, 4.69) is 11.8 Å². The molecule has 0 unspecified atom stereocenters. The standard InChI is InChI=1S/C16H13NO2/c1-19-15-11-13(9-10-14(15)16(17)18)8-7-12-5-3-2-4-6-12/h2-6,9-11H,1H3,(H2,17,18). The van der Waals surface area contributed by atoms with Crippen LogP contribution < -0.4 is 10.5 Å². The maximum absolute atomic E-state index is 11.2. The number of carbonyl (C=O) groups excluding carboxylic acids is 1. The minimum Gasteiger partial charge on any atom is -0.496 e. The number of primary amides is 1. The molecule has 0 aliphatic heterocycles. The van der Waals surface area contributed by atoms with E-state index in [1.54, 1.807) is 18.2 Å². The lowest BCUT2D eigenvalue weighted by atomic mass is 10.1. The molecule has 2 aromatic carbocycles. The summed E-state index contributed by atoms with van der Waals surface area (Å²) in [6.45, 7) is 0. The van der Waals surface area contributed by atoms with Crippen LogP contribution >= 0.6 is 0 Å². The van der Waals surface area contributed by atoms with Gasteiger partial charge in [0.15, 0.2) is 0 Å². The first-order valence-electron chi connectivity index (χ1n) is 5.75. The summed E-state index contributed by atoms with van der Waals surface area (Å²) >= 11 is 0. The Balaban J connectivity index is 2.33. The first kappa shape index (κ1) is 12.7. The summed E-state index contributed by atoms with van der Waals surface area (Å²) < 4.78 is 5.13. The van der Waals surface area contributed by atoms with E-state index in [4.69, 9.17) is 10.5 Å². The number of nitrogens with two attached hydrogens (primary N) is 1. The molecule has 0 aromatic heterocycles. The van der Waals surface area contributed by atoms with E-state index in [0.717, 1.165) is 11.1 Å². The third kappa shape index (κ3) is 3.14. The monoisotopic (exact) mass is 251 g/mol. The zero-order valence-electron chi connectivity index (χ0n) is 10.5. The van der Waals surface area contributed by atoms with E-state index in [9.17, 15) is 4.79 Å². The van der Waals surface area contributed by atoms with Crippen LogP contribution in [0.3, 0.4) is 0 Å². The van der Waals surface area contributed by atoms with Gasteiger partial charge >= 0.3 is 0 Å². The van der Waals surface area contributed by atoms with Gasteiger partial charge in [-0.3, -0.25) is 4.79 Å². The molecule has 0 fully saturated rings. The van der Waals surface area contributed by atoms with Crippen LogP contribution in [0.1, 0.15) is 21.5 Å².